The Morgan fingerprint density at radius 1 is 1.44 bits per heavy atom. The van der Waals surface area contributed by atoms with Crippen molar-refractivity contribution in [1.29, 1.82) is 0 Å². The van der Waals surface area contributed by atoms with Crippen molar-refractivity contribution < 1.29 is 24.3 Å². The van der Waals surface area contributed by atoms with Gasteiger partial charge in [-0.2, -0.15) is 0 Å². The van der Waals surface area contributed by atoms with Crippen LogP contribution in [-0.4, -0.2) is 29.2 Å². The second-order valence-corrected chi connectivity index (χ2v) is 3.76. The molecule has 0 saturated heterocycles. The average molecular weight is 255 g/mol. The molecule has 0 bridgehead atoms. The van der Waals surface area contributed by atoms with Crippen LogP contribution in [0, 0.1) is 10.1 Å². The highest BCUT2D eigenvalue weighted by atomic mass is 16.6. The van der Waals surface area contributed by atoms with Crippen LogP contribution >= 0.6 is 0 Å². The normalized spacial score (nSPS) is 10.2. The molecule has 0 saturated carbocycles. The smallest absolute Gasteiger partial charge is 0.336 e. The maximum Gasteiger partial charge on any atom is 0.336 e. The summed E-state index contributed by atoms with van der Waals surface area (Å²) in [7, 11) is 1.29. The molecule has 1 aromatic carbocycles. The highest BCUT2D eigenvalue weighted by molar-refractivity contribution is 5.90. The van der Waals surface area contributed by atoms with Crippen LogP contribution in [-0.2, 0) is 0 Å². The van der Waals surface area contributed by atoms with Crippen molar-refractivity contribution in [1.82, 2.24) is 0 Å². The minimum absolute atomic E-state index is 0.0234. The number of aromatic carboxylic acids is 1. The lowest BCUT2D eigenvalue weighted by atomic mass is 10.1. The third kappa shape index (κ3) is 2.88. The first-order chi connectivity index (χ1) is 8.36. The number of carboxylic acids is 1. The van der Waals surface area contributed by atoms with Gasteiger partial charge in [0.15, 0.2) is 5.75 Å². The van der Waals surface area contributed by atoms with Gasteiger partial charge in [0.25, 0.3) is 0 Å². The number of ether oxygens (including phenoxy) is 2. The van der Waals surface area contributed by atoms with Crippen LogP contribution in [0.15, 0.2) is 12.1 Å². The summed E-state index contributed by atoms with van der Waals surface area (Å²) in [5, 5.41) is 19.8. The lowest BCUT2D eigenvalue weighted by molar-refractivity contribution is -0.386. The molecular weight excluding hydrogens is 242 g/mol. The van der Waals surface area contributed by atoms with Crippen LogP contribution in [0.2, 0.25) is 0 Å². The van der Waals surface area contributed by atoms with Crippen molar-refractivity contribution in [3.63, 3.8) is 0 Å². The van der Waals surface area contributed by atoms with E-state index >= 15 is 0 Å². The Kier molecular flexibility index (Phi) is 4.09. The molecular formula is C11H13NO6. The van der Waals surface area contributed by atoms with Crippen LogP contribution in [0.5, 0.6) is 11.5 Å². The van der Waals surface area contributed by atoms with E-state index in [0.717, 1.165) is 6.07 Å². The van der Waals surface area contributed by atoms with Crippen molar-refractivity contribution >= 4 is 11.7 Å². The number of hydrogen-bond donors (Lipinski definition) is 1. The predicted molar refractivity (Wildman–Crippen MR) is 62.4 cm³/mol. The molecule has 0 aliphatic heterocycles. The lowest BCUT2D eigenvalue weighted by Gasteiger charge is -2.14. The molecule has 1 aromatic rings. The Morgan fingerprint density at radius 2 is 2.06 bits per heavy atom. The zero-order valence-corrected chi connectivity index (χ0v) is 10.2. The van der Waals surface area contributed by atoms with Gasteiger partial charge in [0, 0.05) is 6.07 Å². The Balaban J connectivity index is 3.45. The van der Waals surface area contributed by atoms with Gasteiger partial charge in [-0.05, 0) is 19.9 Å². The topological polar surface area (TPSA) is 98.9 Å². The summed E-state index contributed by atoms with van der Waals surface area (Å²) in [6.45, 7) is 3.41. The number of nitrogens with zero attached hydrogens (tertiary/aromatic N) is 1. The van der Waals surface area contributed by atoms with Crippen molar-refractivity contribution in [2.45, 2.75) is 20.0 Å². The largest absolute Gasteiger partial charge is 0.493 e. The summed E-state index contributed by atoms with van der Waals surface area (Å²) in [6, 6.07) is 2.13. The maximum absolute atomic E-state index is 10.9. The van der Waals surface area contributed by atoms with Crippen molar-refractivity contribution in [2.24, 2.45) is 0 Å². The quantitative estimate of drug-likeness (QED) is 0.638. The minimum atomic E-state index is -1.27. The molecule has 0 fully saturated rings. The van der Waals surface area contributed by atoms with E-state index in [2.05, 4.69) is 0 Å². The number of carbonyl (C=O) groups is 1. The molecule has 0 aliphatic carbocycles. The first-order valence-electron chi connectivity index (χ1n) is 5.13. The van der Waals surface area contributed by atoms with E-state index in [1.54, 1.807) is 13.8 Å². The summed E-state index contributed by atoms with van der Waals surface area (Å²) in [5.74, 6) is -1.31. The Morgan fingerprint density at radius 3 is 2.44 bits per heavy atom. The number of carboxylic acid groups (broad SMARTS) is 1. The fourth-order valence-electron chi connectivity index (χ4n) is 1.35. The predicted octanol–water partition coefficient (Wildman–Crippen LogP) is 2.09. The number of nitro groups is 1. The summed E-state index contributed by atoms with van der Waals surface area (Å²) in [6.07, 6.45) is -0.298. The fraction of sp³-hybridized carbons (Fsp3) is 0.364. The molecule has 0 atom stereocenters. The van der Waals surface area contributed by atoms with Gasteiger partial charge in [-0.3, -0.25) is 10.1 Å². The van der Waals surface area contributed by atoms with E-state index in [0.29, 0.717) is 0 Å². The van der Waals surface area contributed by atoms with Crippen molar-refractivity contribution in [3.8, 4) is 11.5 Å². The zero-order chi connectivity index (χ0) is 13.9. The maximum atomic E-state index is 10.9. The first kappa shape index (κ1) is 13.8. The van der Waals surface area contributed by atoms with Crippen LogP contribution in [0.1, 0.15) is 24.2 Å². The molecule has 0 aliphatic rings. The molecule has 7 nitrogen and oxygen atoms in total. The van der Waals surface area contributed by atoms with E-state index in [4.69, 9.17) is 14.6 Å². The van der Waals surface area contributed by atoms with Gasteiger partial charge in [0.1, 0.15) is 0 Å². The molecule has 18 heavy (non-hydrogen) atoms. The Bertz CT molecular complexity index is 483. The number of benzene rings is 1. The Labute approximate surface area is 103 Å². The summed E-state index contributed by atoms with van der Waals surface area (Å²) >= 11 is 0. The zero-order valence-electron chi connectivity index (χ0n) is 10.2. The number of rotatable bonds is 5. The number of methoxy groups -OCH3 is 1. The van der Waals surface area contributed by atoms with E-state index in [9.17, 15) is 14.9 Å². The fourth-order valence-corrected chi connectivity index (χ4v) is 1.35. The van der Waals surface area contributed by atoms with E-state index < -0.39 is 16.6 Å². The molecule has 0 spiro atoms. The highest BCUT2D eigenvalue weighted by Crippen LogP contribution is 2.38. The molecule has 0 heterocycles. The lowest BCUT2D eigenvalue weighted by Crippen LogP contribution is -2.10. The van der Waals surface area contributed by atoms with Gasteiger partial charge < -0.3 is 14.6 Å². The monoisotopic (exact) mass is 255 g/mol. The van der Waals surface area contributed by atoms with Crippen molar-refractivity contribution in [2.75, 3.05) is 7.11 Å². The van der Waals surface area contributed by atoms with Crippen LogP contribution < -0.4 is 9.47 Å². The average Bonchev–Trinajstić information content (AvgIpc) is 2.27. The number of hydrogen-bond acceptors (Lipinski definition) is 5. The van der Waals surface area contributed by atoms with Gasteiger partial charge >= 0.3 is 11.7 Å². The van der Waals surface area contributed by atoms with Gasteiger partial charge in [0.2, 0.25) is 5.75 Å². The van der Waals surface area contributed by atoms with Crippen LogP contribution in [0.3, 0.4) is 0 Å². The summed E-state index contributed by atoms with van der Waals surface area (Å²) in [5.41, 5.74) is -0.657. The molecule has 7 heteroatoms. The molecule has 0 unspecified atom stereocenters. The van der Waals surface area contributed by atoms with Crippen LogP contribution in [0.4, 0.5) is 5.69 Å². The summed E-state index contributed by atoms with van der Waals surface area (Å²) < 4.78 is 10.2. The Hall–Kier alpha value is -2.31. The van der Waals surface area contributed by atoms with Gasteiger partial charge in [-0.15, -0.1) is 0 Å². The van der Waals surface area contributed by atoms with Gasteiger partial charge in [-0.25, -0.2) is 4.79 Å². The second kappa shape index (κ2) is 5.35. The molecule has 0 aromatic heterocycles. The SMILES string of the molecule is COc1cc(C(=O)O)cc([N+](=O)[O-])c1OC(C)C. The molecule has 0 radical (unpaired) electrons. The van der Waals surface area contributed by atoms with Crippen LogP contribution in [0.25, 0.3) is 0 Å². The summed E-state index contributed by atoms with van der Waals surface area (Å²) in [4.78, 5) is 21.1. The van der Waals surface area contributed by atoms with Gasteiger partial charge in [-0.1, -0.05) is 0 Å². The molecule has 98 valence electrons. The van der Waals surface area contributed by atoms with E-state index in [1.807, 2.05) is 0 Å². The van der Waals surface area contributed by atoms with E-state index in [-0.39, 0.29) is 23.2 Å². The molecule has 1 rings (SSSR count). The van der Waals surface area contributed by atoms with E-state index in [1.165, 1.54) is 13.2 Å². The minimum Gasteiger partial charge on any atom is -0.493 e. The number of nitro benzene ring substituents is 1. The molecule has 1 N–H and O–H groups in total. The third-order valence-electron chi connectivity index (χ3n) is 2.05. The molecule has 0 amide bonds. The second-order valence-electron chi connectivity index (χ2n) is 3.76. The van der Waals surface area contributed by atoms with Gasteiger partial charge in [0.05, 0.1) is 23.7 Å². The highest BCUT2D eigenvalue weighted by Gasteiger charge is 2.25. The first-order valence-corrected chi connectivity index (χ1v) is 5.13. The third-order valence-corrected chi connectivity index (χ3v) is 2.05. The standard InChI is InChI=1S/C11H13NO6/c1-6(2)18-10-8(12(15)16)4-7(11(13)14)5-9(10)17-3/h4-6H,1-3H3,(H,13,14). The van der Waals surface area contributed by atoms with Crippen molar-refractivity contribution in [3.05, 3.63) is 27.8 Å².